The van der Waals surface area contributed by atoms with Gasteiger partial charge in [-0.05, 0) is 82.9 Å². The Morgan fingerprint density at radius 2 is 0.913 bits per heavy atom. The summed E-state index contributed by atoms with van der Waals surface area (Å²) in [5.41, 5.74) is -0.436. The molecule has 0 bridgehead atoms. The van der Waals surface area contributed by atoms with Crippen LogP contribution in [0, 0.1) is 24.5 Å². The normalized spacial score (nSPS) is 11.3. The van der Waals surface area contributed by atoms with Crippen molar-refractivity contribution in [2.24, 2.45) is 30.7 Å². The van der Waals surface area contributed by atoms with Gasteiger partial charge in [0.15, 0.2) is 34.8 Å². The van der Waals surface area contributed by atoms with Crippen LogP contribution in [0.15, 0.2) is 226 Å². The Kier molecular flexibility index (Phi) is 15.1. The zero-order valence-electron chi connectivity index (χ0n) is 47.0. The lowest BCUT2D eigenvalue weighted by Crippen LogP contribution is -2.16. The van der Waals surface area contributed by atoms with E-state index in [9.17, 15) is 29.9 Å². The fraction of sp³-hybridized carbons (Fsp3) is 0. The van der Waals surface area contributed by atoms with Gasteiger partial charge >= 0.3 is 0 Å². The van der Waals surface area contributed by atoms with Gasteiger partial charge in [0.2, 0.25) is 0 Å². The molecule has 92 heavy (non-hydrogen) atoms. The topological polar surface area (TPSA) is 352 Å². The Hall–Kier alpha value is -14.5. The SMILES string of the molecule is [C-]#[N+]c1cnn(-c2ncccn2)c1N=Nc1c(O)c(C(=O)Nc2cc(NC(=O)c3cc(N=Nc4c(C#N)cnn4-c4ccccn4)c4ccccc4c3)cc(NC(=O)c3cc4ccccc4c(N=Nc4c([N+]#[C-])cnn4-c4ncccn4)c3O)c2)cc2ccccc12. The van der Waals surface area contributed by atoms with Crippen LogP contribution in [0.1, 0.15) is 36.6 Å². The van der Waals surface area contributed by atoms with Gasteiger partial charge in [0.1, 0.15) is 23.0 Å². The van der Waals surface area contributed by atoms with Crippen molar-refractivity contribution in [1.82, 2.24) is 54.3 Å². The number of carbonyl (C=O) groups excluding carboxylic acids is 3. The molecule has 0 fully saturated rings. The number of nitrogens with one attached hydrogen (secondary N) is 3. The first-order valence-electron chi connectivity index (χ1n) is 27.3. The first-order valence-corrected chi connectivity index (χ1v) is 27.3. The molecule has 28 heteroatoms. The van der Waals surface area contributed by atoms with Crippen molar-refractivity contribution in [2.45, 2.75) is 0 Å². The highest BCUT2D eigenvalue weighted by Gasteiger charge is 2.25. The Bertz CT molecular complexity index is 5130. The number of nitriles is 1. The molecule has 28 nitrogen and oxygen atoms in total. The standard InChI is InChI=1S/C64H37N23O5/c1-66-50-34-74-86(63-69-21-11-22-70-63)58(50)83-80-53-45-17-7-4-14-37(45)26-47(55(53)88)61(91)77-42-29-41(76-60(90)39-25-36-13-3-6-16-44(36)49(28-39)79-82-57-40(32-65)33-73-85(57)52-19-9-10-20-68-52)30-43(31-42)78-62(92)48-27-38-15-5-8-18-46(38)54(56(48)89)81-84-59-51(67-2)35-75-87(59)64-71-23-12-24-72-64/h3-31,33-35,88-89H,(H,76,90)(H,77,91)(H,78,92). The number of rotatable bonds is 15. The van der Waals surface area contributed by atoms with Crippen molar-refractivity contribution in [2.75, 3.05) is 16.0 Å². The number of pyridine rings is 1. The summed E-state index contributed by atoms with van der Waals surface area (Å²) in [5.74, 6) is -3.13. The van der Waals surface area contributed by atoms with E-state index in [0.29, 0.717) is 38.1 Å². The number of hydrogen-bond donors (Lipinski definition) is 5. The van der Waals surface area contributed by atoms with E-state index >= 15 is 0 Å². The minimum atomic E-state index is -0.882. The molecular formula is C64H37N23O5. The fourth-order valence-corrected chi connectivity index (χ4v) is 9.70. The number of amides is 3. The number of carbonyl (C=O) groups is 3. The predicted molar refractivity (Wildman–Crippen MR) is 335 cm³/mol. The maximum absolute atomic E-state index is 14.7. The molecule has 438 valence electrons. The average molecular weight is 1210 g/mol. The second-order valence-corrected chi connectivity index (χ2v) is 19.6. The maximum Gasteiger partial charge on any atom is 0.259 e. The maximum atomic E-state index is 14.7. The zero-order valence-corrected chi connectivity index (χ0v) is 47.0. The third kappa shape index (κ3) is 11.1. The summed E-state index contributed by atoms with van der Waals surface area (Å²) in [4.78, 5) is 72.4. The van der Waals surface area contributed by atoms with E-state index in [0.717, 1.165) is 0 Å². The van der Waals surface area contributed by atoms with Crippen LogP contribution in [0.25, 0.3) is 59.7 Å². The predicted octanol–water partition coefficient (Wildman–Crippen LogP) is 14.1. The second kappa shape index (κ2) is 24.5. The highest BCUT2D eigenvalue weighted by molar-refractivity contribution is 6.15. The number of aromatic hydroxyl groups is 2. The van der Waals surface area contributed by atoms with E-state index in [4.69, 9.17) is 13.1 Å². The van der Waals surface area contributed by atoms with Crippen LogP contribution < -0.4 is 16.0 Å². The molecule has 7 aromatic carbocycles. The smallest absolute Gasteiger partial charge is 0.259 e. The molecule has 0 aliphatic heterocycles. The number of aromatic nitrogens is 11. The molecule has 0 spiro atoms. The zero-order chi connectivity index (χ0) is 63.2. The lowest BCUT2D eigenvalue weighted by Gasteiger charge is -2.15. The number of hydrogen-bond acceptors (Lipinski definition) is 20. The van der Waals surface area contributed by atoms with Gasteiger partial charge in [-0.1, -0.05) is 78.9 Å². The van der Waals surface area contributed by atoms with Gasteiger partial charge in [-0.15, -0.1) is 30.7 Å². The molecule has 0 aliphatic rings. The number of anilines is 3. The molecule has 3 amide bonds. The lowest BCUT2D eigenvalue weighted by atomic mass is 10.0. The molecule has 6 aromatic heterocycles. The minimum Gasteiger partial charge on any atom is -0.505 e. The molecule has 5 N–H and O–H groups in total. The third-order valence-electron chi connectivity index (χ3n) is 13.9. The van der Waals surface area contributed by atoms with Gasteiger partial charge in [0.05, 0.1) is 48.5 Å². The monoisotopic (exact) mass is 1210 g/mol. The van der Waals surface area contributed by atoms with Gasteiger partial charge in [0, 0.05) is 69.8 Å². The number of azo groups is 3. The van der Waals surface area contributed by atoms with E-state index in [2.05, 4.69) is 103 Å². The molecule has 6 heterocycles. The molecular weight excluding hydrogens is 1170 g/mol. The van der Waals surface area contributed by atoms with Crippen LogP contribution in [0.5, 0.6) is 11.5 Å². The van der Waals surface area contributed by atoms with Crippen molar-refractivity contribution in [1.29, 1.82) is 5.26 Å². The van der Waals surface area contributed by atoms with Crippen LogP contribution >= 0.6 is 0 Å². The minimum absolute atomic E-state index is 0.00576. The van der Waals surface area contributed by atoms with Gasteiger partial charge < -0.3 is 26.2 Å². The number of phenolic OH excluding ortho intramolecular Hbond substituents is 2. The Morgan fingerprint density at radius 1 is 0.467 bits per heavy atom. The van der Waals surface area contributed by atoms with E-state index < -0.39 is 29.2 Å². The summed E-state index contributed by atoms with van der Waals surface area (Å²) in [6.45, 7) is 15.6. The van der Waals surface area contributed by atoms with E-state index in [1.54, 1.807) is 115 Å². The van der Waals surface area contributed by atoms with Gasteiger partial charge in [-0.3, -0.25) is 14.4 Å². The second-order valence-electron chi connectivity index (χ2n) is 19.6. The number of nitrogens with zero attached hydrogens (tertiary/aromatic N) is 20. The van der Waals surface area contributed by atoms with E-state index in [1.165, 1.54) is 93.8 Å². The Balaban J connectivity index is 0.876. The van der Waals surface area contributed by atoms with E-state index in [1.807, 2.05) is 0 Å². The fourth-order valence-electron chi connectivity index (χ4n) is 9.70. The van der Waals surface area contributed by atoms with Crippen LogP contribution in [-0.4, -0.2) is 82.2 Å². The highest BCUT2D eigenvalue weighted by Crippen LogP contribution is 2.44. The first-order chi connectivity index (χ1) is 45.0. The van der Waals surface area contributed by atoms with Crippen molar-refractivity contribution in [3.05, 3.63) is 240 Å². The molecule has 0 radical (unpaired) electrons. The molecule has 0 saturated heterocycles. The molecule has 13 aromatic rings. The van der Waals surface area contributed by atoms with Crippen molar-refractivity contribution in [3.8, 4) is 35.3 Å². The van der Waals surface area contributed by atoms with Crippen molar-refractivity contribution in [3.63, 3.8) is 0 Å². The molecule has 0 aliphatic carbocycles. The lowest BCUT2D eigenvalue weighted by molar-refractivity contribution is 0.101. The van der Waals surface area contributed by atoms with Crippen LogP contribution in [0.2, 0.25) is 0 Å². The summed E-state index contributed by atoms with van der Waals surface area (Å²) < 4.78 is 3.77. The van der Waals surface area contributed by atoms with Crippen LogP contribution in [0.3, 0.4) is 0 Å². The Labute approximate surface area is 517 Å². The van der Waals surface area contributed by atoms with Crippen LogP contribution in [0.4, 0.5) is 63.0 Å². The summed E-state index contributed by atoms with van der Waals surface area (Å²) in [7, 11) is 0. The summed E-state index contributed by atoms with van der Waals surface area (Å²) in [6.07, 6.45) is 11.4. The number of phenols is 2. The van der Waals surface area contributed by atoms with Gasteiger partial charge in [-0.2, -0.15) is 34.6 Å². The molecule has 13 rings (SSSR count). The summed E-state index contributed by atoms with van der Waals surface area (Å²) >= 11 is 0. The highest BCUT2D eigenvalue weighted by atomic mass is 16.3. The van der Waals surface area contributed by atoms with Crippen molar-refractivity contribution < 1.29 is 24.6 Å². The third-order valence-corrected chi connectivity index (χ3v) is 13.9. The number of fused-ring (bicyclic) bond motifs is 3. The van der Waals surface area contributed by atoms with E-state index in [-0.39, 0.29) is 97.1 Å². The summed E-state index contributed by atoms with van der Waals surface area (Å²) in [5, 5.41) is 84.5. The van der Waals surface area contributed by atoms with Crippen molar-refractivity contribution >= 4 is 113 Å². The summed E-state index contributed by atoms with van der Waals surface area (Å²) in [6, 6.07) is 41.3. The first kappa shape index (κ1) is 56.7. The molecule has 0 saturated carbocycles. The van der Waals surface area contributed by atoms with Gasteiger partial charge in [0.25, 0.3) is 41.0 Å². The quantitative estimate of drug-likeness (QED) is 0.0471. The molecule has 0 atom stereocenters. The average Bonchev–Trinajstić information content (AvgIpc) is 1.50. The van der Waals surface area contributed by atoms with Crippen LogP contribution in [-0.2, 0) is 0 Å². The Morgan fingerprint density at radius 3 is 1.40 bits per heavy atom. The largest absolute Gasteiger partial charge is 0.505 e. The number of benzene rings is 7. The van der Waals surface area contributed by atoms with Gasteiger partial charge in [-0.25, -0.2) is 34.6 Å². The molecule has 0 unspecified atom stereocenters.